The first-order valence-electron chi connectivity index (χ1n) is 45.1. The number of nitrogens with zero attached hydrogens (tertiary/aromatic N) is 9. The summed E-state index contributed by atoms with van der Waals surface area (Å²) in [4.78, 5) is 8.00. The zero-order valence-corrected chi connectivity index (χ0v) is 81.4. The number of benzene rings is 1. The predicted octanol–water partition coefficient (Wildman–Crippen LogP) is 3.79. The van der Waals surface area contributed by atoms with Crippen molar-refractivity contribution in [2.75, 3.05) is 489 Å². The summed E-state index contributed by atoms with van der Waals surface area (Å²) in [6.07, 6.45) is 10.1. The van der Waals surface area contributed by atoms with Crippen molar-refractivity contribution < 1.29 is 179 Å². The van der Waals surface area contributed by atoms with E-state index in [4.69, 9.17) is 206 Å². The summed E-state index contributed by atoms with van der Waals surface area (Å²) in [5, 5.41) is 18.5. The molecule has 0 unspecified atom stereocenters. The van der Waals surface area contributed by atoms with E-state index in [1.54, 1.807) is 12.1 Å². The van der Waals surface area contributed by atoms with Gasteiger partial charge in [0.25, 0.3) is 10.1 Å². The van der Waals surface area contributed by atoms with Gasteiger partial charge in [-0.3, -0.25) is 4.18 Å². The Hall–Kier alpha value is -4.97. The summed E-state index contributed by atoms with van der Waals surface area (Å²) >= 11 is 0. The molecule has 1 aromatic rings. The molecule has 0 fully saturated rings. The summed E-state index contributed by atoms with van der Waals surface area (Å²) in [5.74, 6) is 4.79. The van der Waals surface area contributed by atoms with Gasteiger partial charge in [-0.25, -0.2) is 0 Å². The van der Waals surface area contributed by atoms with Gasteiger partial charge in [0.15, 0.2) is 0 Å². The third kappa shape index (κ3) is 129. The minimum absolute atomic E-state index is 0. The molecule has 135 heavy (non-hydrogen) atoms. The Morgan fingerprint density at radius 2 is 0.407 bits per heavy atom. The first-order chi connectivity index (χ1) is 66.3. The van der Waals surface area contributed by atoms with E-state index in [-0.39, 0.29) is 37.1 Å². The van der Waals surface area contributed by atoms with Crippen LogP contribution in [0.1, 0.15) is 5.56 Å². The van der Waals surface area contributed by atoms with Crippen LogP contribution < -0.4 is 5.73 Å². The smallest absolute Gasteiger partial charge is 0.297 e. The van der Waals surface area contributed by atoms with Crippen molar-refractivity contribution in [3.63, 3.8) is 0 Å². The van der Waals surface area contributed by atoms with Crippen molar-refractivity contribution in [2.45, 2.75) is 11.8 Å². The van der Waals surface area contributed by atoms with Gasteiger partial charge < -0.3 is 172 Å². The molecule has 48 nitrogen and oxygen atoms in total. The molecule has 1 aromatic carbocycles. The molecule has 0 atom stereocenters. The van der Waals surface area contributed by atoms with Gasteiger partial charge in [0.05, 0.1) is 454 Å². The molecular formula is C85H161ClN10O38S. The lowest BCUT2D eigenvalue weighted by Crippen LogP contribution is -2.15. The van der Waals surface area contributed by atoms with Crippen LogP contribution in [0, 0.1) is 31.6 Å². The topological polar surface area (TPSA) is 550 Å². The monoisotopic (exact) mass is 2000 g/mol. The van der Waals surface area contributed by atoms with E-state index < -0.39 is 10.1 Å². The zero-order chi connectivity index (χ0) is 97.2. The van der Waals surface area contributed by atoms with Crippen LogP contribution in [0.3, 0.4) is 0 Å². The molecule has 0 radical (unpaired) electrons. The second-order valence-electron chi connectivity index (χ2n) is 25.6. The number of nitrogens with two attached hydrogens (primary N) is 1. The van der Waals surface area contributed by atoms with Gasteiger partial charge in [-0.05, 0) is 35.6 Å². The van der Waals surface area contributed by atoms with Crippen LogP contribution in [0.4, 0.5) is 0 Å². The number of aliphatic hydroxyl groups excluding tert-OH is 1. The van der Waals surface area contributed by atoms with Crippen LogP contribution in [0.2, 0.25) is 0 Å². The van der Waals surface area contributed by atoms with Gasteiger partial charge in [0.1, 0.15) is 13.2 Å². The third-order valence-electron chi connectivity index (χ3n) is 15.0. The van der Waals surface area contributed by atoms with Crippen LogP contribution in [0.5, 0.6) is 0 Å². The highest BCUT2D eigenvalue weighted by atomic mass is 35.5. The molecule has 50 heteroatoms. The van der Waals surface area contributed by atoms with Gasteiger partial charge in [-0.1, -0.05) is 44.9 Å². The molecule has 0 aliphatic carbocycles. The molecule has 0 heterocycles. The van der Waals surface area contributed by atoms with Gasteiger partial charge >= 0.3 is 0 Å². The summed E-state index contributed by atoms with van der Waals surface area (Å²) in [5.41, 5.74) is 30.5. The van der Waals surface area contributed by atoms with Crippen molar-refractivity contribution in [3.05, 3.63) is 61.2 Å². The molecule has 0 saturated heterocycles. The summed E-state index contributed by atoms with van der Waals surface area (Å²) in [6.45, 7) is 35.7. The Morgan fingerprint density at radius 1 is 0.259 bits per heavy atom. The van der Waals surface area contributed by atoms with E-state index >= 15 is 0 Å². The minimum atomic E-state index is -3.76. The normalized spacial score (nSPS) is 11.0. The maximum atomic E-state index is 12.0. The van der Waals surface area contributed by atoms with E-state index in [0.29, 0.717) is 469 Å². The zero-order valence-electron chi connectivity index (χ0n) is 79.8. The minimum Gasteiger partial charge on any atom is -0.394 e. The number of azide groups is 3. The van der Waals surface area contributed by atoms with Crippen molar-refractivity contribution in [1.82, 2.24) is 0 Å². The lowest BCUT2D eigenvalue weighted by molar-refractivity contribution is -0.0281. The summed E-state index contributed by atoms with van der Waals surface area (Å²) < 4.78 is 210. The van der Waals surface area contributed by atoms with Crippen LogP contribution in [-0.4, -0.2) is 502 Å². The fourth-order valence-corrected chi connectivity index (χ4v) is 9.53. The maximum Gasteiger partial charge on any atom is 0.297 e. The molecule has 0 amide bonds. The van der Waals surface area contributed by atoms with Gasteiger partial charge in [0, 0.05) is 40.9 Å². The number of terminal acetylenes is 2. The van der Waals surface area contributed by atoms with E-state index in [1.165, 1.54) is 12.1 Å². The van der Waals surface area contributed by atoms with Crippen molar-refractivity contribution >= 4 is 22.5 Å². The van der Waals surface area contributed by atoms with Gasteiger partial charge in [-0.15, -0.1) is 25.3 Å². The van der Waals surface area contributed by atoms with E-state index in [9.17, 15) is 8.42 Å². The maximum absolute atomic E-state index is 12.0. The Balaban J connectivity index is -0.000000868. The molecule has 0 aromatic heterocycles. The quantitative estimate of drug-likeness (QED) is 0.0234. The number of halogens is 1. The first-order valence-corrected chi connectivity index (χ1v) is 46.5. The molecule has 0 saturated carbocycles. The molecule has 0 spiro atoms. The lowest BCUT2D eigenvalue weighted by Gasteiger charge is -2.09. The Labute approximate surface area is 805 Å². The fourth-order valence-electron chi connectivity index (χ4n) is 8.64. The highest BCUT2D eigenvalue weighted by Gasteiger charge is 2.15. The third-order valence-corrected chi connectivity index (χ3v) is 16.3. The Kier molecular flexibility index (Phi) is 130. The molecule has 0 bridgehead atoms. The van der Waals surface area contributed by atoms with Crippen molar-refractivity contribution in [1.29, 1.82) is 0 Å². The number of aliphatic hydroxyl groups is 1. The molecule has 0 aliphatic heterocycles. The van der Waals surface area contributed by atoms with Crippen LogP contribution in [-0.2, 0) is 175 Å². The molecule has 3 N–H and O–H groups in total. The highest BCUT2D eigenvalue weighted by Crippen LogP contribution is 2.13. The number of ether oxygens (including phenoxy) is 34. The van der Waals surface area contributed by atoms with Crippen LogP contribution >= 0.6 is 12.4 Å². The largest absolute Gasteiger partial charge is 0.394 e. The standard InChI is InChI=1S/C27H51N3O12.C27H53NO12.C19H31N3O8S.C12H25N3O6.ClH/c1-2-4-31-6-8-33-10-12-35-14-16-37-18-20-39-22-24-41-26-27-42-25-23-40-21-19-38-17-15-36-13-11-34-9-7-32-5-3-29-30-28;1-2-4-29-6-8-31-10-12-33-14-16-35-18-20-37-22-24-39-26-27-40-25-23-38-21-19-36-17-15-34-13-11-32-9-7-30-5-3-28;1-18-2-4-19(5-3-18)31(23,24)30-17-16-29-15-14-28-13-12-27-11-10-26-9-8-25-7-6-21-22-20;13-15-14-1-3-17-5-7-19-9-11-21-12-10-20-8-6-18-4-2-16;/h1H,3-27H2;1H,3-28H2;2-5H,6-17H2,1H3;16H,1-12H2;1H. The SMILES string of the molecule is C#CCOCCOCCOCCOCCOCCOCCOCCOCCOCCOCCOCCOCCN.C#CCOCCOCCOCCOCCOCCOCCOCCOCCOCCOCCOCCOCCN=[N+]=[N-].Cc1ccc(S(=O)(=O)OCCOCCOCCOCCOCCOCCN=[N+]=[N-])cc1.Cl.[N-]=[N+]=NCCOCCOCCOCCOCCOCCO. The molecule has 1 rings (SSSR count). The molecule has 0 aliphatic rings. The molecule has 792 valence electrons. The second-order valence-corrected chi connectivity index (χ2v) is 27.2. The number of rotatable bonds is 110. The number of hydrogen-bond acceptors (Lipinski definition) is 42. The highest BCUT2D eigenvalue weighted by molar-refractivity contribution is 7.86. The number of aryl methyl sites for hydroxylation is 1. The summed E-state index contributed by atoms with van der Waals surface area (Å²) in [6, 6.07) is 6.46. The van der Waals surface area contributed by atoms with Crippen molar-refractivity contribution in [2.24, 2.45) is 21.1 Å². The van der Waals surface area contributed by atoms with Crippen LogP contribution in [0.25, 0.3) is 31.3 Å². The second kappa shape index (κ2) is 129. The van der Waals surface area contributed by atoms with E-state index in [1.807, 2.05) is 6.92 Å². The number of hydrogen-bond donors (Lipinski definition) is 2. The first kappa shape index (κ1) is 136. The van der Waals surface area contributed by atoms with Gasteiger partial charge in [0.2, 0.25) is 0 Å². The van der Waals surface area contributed by atoms with Crippen LogP contribution in [0.15, 0.2) is 44.5 Å². The fraction of sp³-hybridized carbons (Fsp3) is 0.882. The average molecular weight is 2000 g/mol. The van der Waals surface area contributed by atoms with Gasteiger partial charge in [-0.2, -0.15) is 8.42 Å². The summed E-state index contributed by atoms with van der Waals surface area (Å²) in [7, 11) is -3.76. The Bertz CT molecular complexity index is 2800. The van der Waals surface area contributed by atoms with E-state index in [2.05, 4.69) is 41.9 Å². The average Bonchev–Trinajstić information content (AvgIpc) is 0.847. The van der Waals surface area contributed by atoms with E-state index in [0.717, 1.165) is 5.56 Å². The Morgan fingerprint density at radius 3 is 0.563 bits per heavy atom. The van der Waals surface area contributed by atoms with Crippen molar-refractivity contribution in [3.8, 4) is 24.7 Å². The predicted molar refractivity (Wildman–Crippen MR) is 495 cm³/mol. The lowest BCUT2D eigenvalue weighted by atomic mass is 10.2. The molecular weight excluding hydrogens is 1840 g/mol.